The topological polar surface area (TPSA) is 24.1 Å². The maximum absolute atomic E-state index is 13.0. The van der Waals surface area contributed by atoms with Gasteiger partial charge < -0.3 is 10.6 Å². The van der Waals surface area contributed by atoms with E-state index in [2.05, 4.69) is 10.6 Å². The van der Waals surface area contributed by atoms with Gasteiger partial charge in [-0.15, -0.1) is 0 Å². The standard InChI is InChI=1S/C15H21FN2S/c16-13-6-4-5-12(11-13)9-10-17-15(19)18-14-7-2-1-3-8-14/h4-6,11,14H,1-3,7-10H2,(H2,17,18,19). The predicted octanol–water partition coefficient (Wildman–Crippen LogP) is 3.17. The third-order valence-electron chi connectivity index (χ3n) is 3.53. The highest BCUT2D eigenvalue weighted by Gasteiger charge is 2.13. The number of halogens is 1. The van der Waals surface area contributed by atoms with Crippen molar-refractivity contribution < 1.29 is 4.39 Å². The fourth-order valence-electron chi connectivity index (χ4n) is 2.50. The van der Waals surface area contributed by atoms with Gasteiger partial charge in [0.2, 0.25) is 0 Å². The van der Waals surface area contributed by atoms with Gasteiger partial charge in [0.15, 0.2) is 5.11 Å². The summed E-state index contributed by atoms with van der Waals surface area (Å²) in [5, 5.41) is 7.28. The van der Waals surface area contributed by atoms with E-state index < -0.39 is 0 Å². The van der Waals surface area contributed by atoms with Crippen molar-refractivity contribution in [3.63, 3.8) is 0 Å². The third kappa shape index (κ3) is 5.15. The normalized spacial score (nSPS) is 16.1. The van der Waals surface area contributed by atoms with Gasteiger partial charge in [0.1, 0.15) is 5.82 Å². The summed E-state index contributed by atoms with van der Waals surface area (Å²) in [5.41, 5.74) is 0.993. The predicted molar refractivity (Wildman–Crippen MR) is 80.7 cm³/mol. The van der Waals surface area contributed by atoms with Crippen molar-refractivity contribution in [2.75, 3.05) is 6.54 Å². The Balaban J connectivity index is 1.66. The van der Waals surface area contributed by atoms with Crippen LogP contribution < -0.4 is 10.6 Å². The van der Waals surface area contributed by atoms with Crippen molar-refractivity contribution in [1.29, 1.82) is 0 Å². The fraction of sp³-hybridized carbons (Fsp3) is 0.533. The molecule has 0 aliphatic heterocycles. The van der Waals surface area contributed by atoms with E-state index in [1.54, 1.807) is 12.1 Å². The van der Waals surface area contributed by atoms with Crippen LogP contribution in [-0.2, 0) is 6.42 Å². The maximum Gasteiger partial charge on any atom is 0.166 e. The summed E-state index contributed by atoms with van der Waals surface area (Å²) in [7, 11) is 0. The van der Waals surface area contributed by atoms with Crippen molar-refractivity contribution in [2.45, 2.75) is 44.6 Å². The van der Waals surface area contributed by atoms with Gasteiger partial charge in [0.25, 0.3) is 0 Å². The van der Waals surface area contributed by atoms with E-state index >= 15 is 0 Å². The molecule has 0 aromatic heterocycles. The van der Waals surface area contributed by atoms with Crippen LogP contribution in [0.25, 0.3) is 0 Å². The van der Waals surface area contributed by atoms with E-state index in [0.29, 0.717) is 6.04 Å². The van der Waals surface area contributed by atoms with Crippen molar-refractivity contribution >= 4 is 17.3 Å². The van der Waals surface area contributed by atoms with Crippen LogP contribution in [0.5, 0.6) is 0 Å². The van der Waals surface area contributed by atoms with Crippen LogP contribution in [0.3, 0.4) is 0 Å². The molecule has 1 fully saturated rings. The zero-order chi connectivity index (χ0) is 13.5. The first kappa shape index (κ1) is 14.3. The molecule has 0 radical (unpaired) electrons. The number of rotatable bonds is 4. The number of thiocarbonyl (C=S) groups is 1. The highest BCUT2D eigenvalue weighted by molar-refractivity contribution is 7.80. The molecule has 4 heteroatoms. The molecule has 1 aliphatic rings. The smallest absolute Gasteiger partial charge is 0.166 e. The number of hydrogen-bond donors (Lipinski definition) is 2. The first-order valence-corrected chi connectivity index (χ1v) is 7.44. The zero-order valence-corrected chi connectivity index (χ0v) is 11.9. The molecule has 1 aromatic rings. The number of nitrogens with one attached hydrogen (secondary N) is 2. The van der Waals surface area contributed by atoms with Gasteiger partial charge >= 0.3 is 0 Å². The van der Waals surface area contributed by atoms with E-state index in [1.165, 1.54) is 38.2 Å². The third-order valence-corrected chi connectivity index (χ3v) is 3.79. The lowest BCUT2D eigenvalue weighted by molar-refractivity contribution is 0.412. The van der Waals surface area contributed by atoms with Crippen molar-refractivity contribution in [3.05, 3.63) is 35.6 Å². The van der Waals surface area contributed by atoms with Crippen LogP contribution in [0.4, 0.5) is 4.39 Å². The Morgan fingerprint density at radius 1 is 1.26 bits per heavy atom. The van der Waals surface area contributed by atoms with Crippen LogP contribution in [0, 0.1) is 5.82 Å². The number of hydrogen-bond acceptors (Lipinski definition) is 1. The van der Waals surface area contributed by atoms with E-state index in [0.717, 1.165) is 23.6 Å². The lowest BCUT2D eigenvalue weighted by Crippen LogP contribution is -2.43. The SMILES string of the molecule is Fc1cccc(CCNC(=S)NC2CCCCC2)c1. The quantitative estimate of drug-likeness (QED) is 0.828. The number of benzene rings is 1. The van der Waals surface area contributed by atoms with E-state index in [9.17, 15) is 4.39 Å². The van der Waals surface area contributed by atoms with Crippen LogP contribution in [0.1, 0.15) is 37.7 Å². The lowest BCUT2D eigenvalue weighted by Gasteiger charge is -2.24. The summed E-state index contributed by atoms with van der Waals surface area (Å²) in [6, 6.07) is 7.24. The summed E-state index contributed by atoms with van der Waals surface area (Å²) >= 11 is 5.28. The van der Waals surface area contributed by atoms with Gasteiger partial charge in [-0.3, -0.25) is 0 Å². The summed E-state index contributed by atoms with van der Waals surface area (Å²) in [5.74, 6) is -0.180. The minimum atomic E-state index is -0.180. The molecule has 1 aliphatic carbocycles. The average Bonchev–Trinajstić information content (AvgIpc) is 2.40. The van der Waals surface area contributed by atoms with Crippen LogP contribution >= 0.6 is 12.2 Å². The molecule has 104 valence electrons. The van der Waals surface area contributed by atoms with Crippen LogP contribution in [0.15, 0.2) is 24.3 Å². The fourth-order valence-corrected chi connectivity index (χ4v) is 2.76. The summed E-state index contributed by atoms with van der Waals surface area (Å²) in [6.45, 7) is 0.738. The van der Waals surface area contributed by atoms with Gasteiger partial charge in [-0.1, -0.05) is 31.4 Å². The van der Waals surface area contributed by atoms with Crippen molar-refractivity contribution in [1.82, 2.24) is 10.6 Å². The van der Waals surface area contributed by atoms with Crippen molar-refractivity contribution in [3.8, 4) is 0 Å². The molecule has 0 saturated heterocycles. The van der Waals surface area contributed by atoms with E-state index in [1.807, 2.05) is 6.07 Å². The Labute approximate surface area is 119 Å². The molecule has 0 atom stereocenters. The lowest BCUT2D eigenvalue weighted by atomic mass is 9.96. The second kappa shape index (κ2) is 7.43. The second-order valence-electron chi connectivity index (χ2n) is 5.12. The largest absolute Gasteiger partial charge is 0.362 e. The molecular weight excluding hydrogens is 259 g/mol. The summed E-state index contributed by atoms with van der Waals surface area (Å²) < 4.78 is 13.0. The van der Waals surface area contributed by atoms with Gasteiger partial charge in [-0.2, -0.15) is 0 Å². The second-order valence-corrected chi connectivity index (χ2v) is 5.52. The molecule has 1 saturated carbocycles. The summed E-state index contributed by atoms with van der Waals surface area (Å²) in [4.78, 5) is 0. The summed E-state index contributed by atoms with van der Waals surface area (Å²) in [6.07, 6.45) is 7.15. The molecule has 2 N–H and O–H groups in total. The Kier molecular flexibility index (Phi) is 5.58. The van der Waals surface area contributed by atoms with Gasteiger partial charge in [-0.05, 0) is 49.2 Å². The first-order chi connectivity index (χ1) is 9.24. The molecule has 1 aromatic carbocycles. The van der Waals surface area contributed by atoms with Crippen LogP contribution in [0.2, 0.25) is 0 Å². The molecule has 0 heterocycles. The molecule has 19 heavy (non-hydrogen) atoms. The van der Waals surface area contributed by atoms with Gasteiger partial charge in [-0.25, -0.2) is 4.39 Å². The Morgan fingerprint density at radius 3 is 2.79 bits per heavy atom. The zero-order valence-electron chi connectivity index (χ0n) is 11.1. The molecule has 0 bridgehead atoms. The molecule has 0 amide bonds. The van der Waals surface area contributed by atoms with E-state index in [-0.39, 0.29) is 5.82 Å². The minimum Gasteiger partial charge on any atom is -0.362 e. The molecular formula is C15H21FN2S. The average molecular weight is 280 g/mol. The monoisotopic (exact) mass is 280 g/mol. The Morgan fingerprint density at radius 2 is 2.05 bits per heavy atom. The molecule has 2 nitrogen and oxygen atoms in total. The highest BCUT2D eigenvalue weighted by Crippen LogP contribution is 2.17. The first-order valence-electron chi connectivity index (χ1n) is 7.03. The van der Waals surface area contributed by atoms with Crippen LogP contribution in [-0.4, -0.2) is 17.7 Å². The van der Waals surface area contributed by atoms with Crippen molar-refractivity contribution in [2.24, 2.45) is 0 Å². The van der Waals surface area contributed by atoms with E-state index in [4.69, 9.17) is 12.2 Å². The molecule has 2 rings (SSSR count). The highest BCUT2D eigenvalue weighted by atomic mass is 32.1. The molecule has 0 spiro atoms. The Hall–Kier alpha value is -1.16. The minimum absolute atomic E-state index is 0.180. The Bertz CT molecular complexity index is 416. The molecule has 0 unspecified atom stereocenters. The van der Waals surface area contributed by atoms with Gasteiger partial charge in [0, 0.05) is 12.6 Å². The van der Waals surface area contributed by atoms with Gasteiger partial charge in [0.05, 0.1) is 0 Å². The maximum atomic E-state index is 13.0.